The van der Waals surface area contributed by atoms with Crippen molar-refractivity contribution in [3.05, 3.63) is 30.1 Å². The van der Waals surface area contributed by atoms with Crippen LogP contribution in [0, 0.1) is 5.82 Å². The van der Waals surface area contributed by atoms with E-state index in [1.54, 1.807) is 12.1 Å². The number of halogens is 1. The number of thioether (sulfide) groups is 1. The van der Waals surface area contributed by atoms with E-state index in [1.807, 2.05) is 0 Å². The molecular formula is C13H16FNO3S. The molecule has 0 saturated carbocycles. The molecule has 0 radical (unpaired) electrons. The highest BCUT2D eigenvalue weighted by Crippen LogP contribution is 2.18. The Bertz CT molecular complexity index is 422. The van der Waals surface area contributed by atoms with Crippen molar-refractivity contribution in [1.29, 1.82) is 0 Å². The number of esters is 1. The van der Waals surface area contributed by atoms with E-state index < -0.39 is 0 Å². The van der Waals surface area contributed by atoms with Gasteiger partial charge in [-0.25, -0.2) is 4.39 Å². The molecule has 0 fully saturated rings. The van der Waals surface area contributed by atoms with Gasteiger partial charge in [0.25, 0.3) is 0 Å². The number of carbonyl (C=O) groups is 2. The normalized spacial score (nSPS) is 10.0. The molecule has 19 heavy (non-hydrogen) atoms. The summed E-state index contributed by atoms with van der Waals surface area (Å²) in [6.07, 6.45) is 0.524. The van der Waals surface area contributed by atoms with Crippen LogP contribution in [0.2, 0.25) is 0 Å². The second-order valence-electron chi connectivity index (χ2n) is 3.73. The molecule has 1 aromatic rings. The fourth-order valence-electron chi connectivity index (χ4n) is 1.29. The minimum Gasteiger partial charge on any atom is -0.469 e. The maximum absolute atomic E-state index is 12.7. The Labute approximate surface area is 115 Å². The van der Waals surface area contributed by atoms with Crippen molar-refractivity contribution >= 4 is 23.6 Å². The standard InChI is InChI=1S/C13H16FNO3S/c1-18-13(17)6-8-15-12(16)7-9-19-11-4-2-10(14)3-5-11/h2-5H,6-9H2,1H3,(H,15,16). The fourth-order valence-corrected chi connectivity index (χ4v) is 2.14. The molecular weight excluding hydrogens is 269 g/mol. The van der Waals surface area contributed by atoms with Gasteiger partial charge in [0.1, 0.15) is 5.82 Å². The van der Waals surface area contributed by atoms with E-state index in [0.717, 1.165) is 4.90 Å². The SMILES string of the molecule is COC(=O)CCNC(=O)CCSc1ccc(F)cc1. The van der Waals surface area contributed by atoms with Gasteiger partial charge in [0, 0.05) is 23.6 Å². The Morgan fingerprint density at radius 3 is 2.58 bits per heavy atom. The molecule has 6 heteroatoms. The quantitative estimate of drug-likeness (QED) is 0.615. The average molecular weight is 285 g/mol. The third-order valence-corrected chi connectivity index (χ3v) is 3.30. The van der Waals surface area contributed by atoms with Gasteiger partial charge < -0.3 is 10.1 Å². The summed E-state index contributed by atoms with van der Waals surface area (Å²) in [6, 6.07) is 6.13. The monoisotopic (exact) mass is 285 g/mol. The minimum absolute atomic E-state index is 0.112. The molecule has 0 heterocycles. The van der Waals surface area contributed by atoms with Gasteiger partial charge in [0.15, 0.2) is 0 Å². The molecule has 1 aromatic carbocycles. The summed E-state index contributed by atoms with van der Waals surface area (Å²) < 4.78 is 17.1. The lowest BCUT2D eigenvalue weighted by molar-refractivity contribution is -0.140. The molecule has 4 nitrogen and oxygen atoms in total. The number of hydrogen-bond acceptors (Lipinski definition) is 4. The van der Waals surface area contributed by atoms with Crippen molar-refractivity contribution in [2.45, 2.75) is 17.7 Å². The van der Waals surface area contributed by atoms with E-state index in [4.69, 9.17) is 0 Å². The predicted molar refractivity (Wildman–Crippen MR) is 71.4 cm³/mol. The first kappa shape index (κ1) is 15.5. The van der Waals surface area contributed by atoms with Gasteiger partial charge in [0.2, 0.25) is 5.91 Å². The van der Waals surface area contributed by atoms with Crippen molar-refractivity contribution in [2.75, 3.05) is 19.4 Å². The van der Waals surface area contributed by atoms with Gasteiger partial charge in [-0.1, -0.05) is 0 Å². The molecule has 0 unspecified atom stereocenters. The molecule has 0 bridgehead atoms. The van der Waals surface area contributed by atoms with Crippen LogP contribution in [0.1, 0.15) is 12.8 Å². The second-order valence-corrected chi connectivity index (χ2v) is 4.90. The molecule has 0 aliphatic heterocycles. The van der Waals surface area contributed by atoms with Gasteiger partial charge >= 0.3 is 5.97 Å². The summed E-state index contributed by atoms with van der Waals surface area (Å²) in [4.78, 5) is 23.2. The van der Waals surface area contributed by atoms with Crippen molar-refractivity contribution in [2.24, 2.45) is 0 Å². The number of ether oxygens (including phenoxy) is 1. The maximum Gasteiger partial charge on any atom is 0.307 e. The highest BCUT2D eigenvalue weighted by molar-refractivity contribution is 7.99. The molecule has 104 valence electrons. The number of hydrogen-bond donors (Lipinski definition) is 1. The van der Waals surface area contributed by atoms with E-state index in [2.05, 4.69) is 10.1 Å². The van der Waals surface area contributed by atoms with Crippen molar-refractivity contribution < 1.29 is 18.7 Å². The Kier molecular flexibility index (Phi) is 6.95. The van der Waals surface area contributed by atoms with Crippen molar-refractivity contribution in [3.8, 4) is 0 Å². The summed E-state index contributed by atoms with van der Waals surface area (Å²) >= 11 is 1.48. The van der Waals surface area contributed by atoms with Gasteiger partial charge in [-0.3, -0.25) is 9.59 Å². The summed E-state index contributed by atoms with van der Waals surface area (Å²) in [5.41, 5.74) is 0. The highest BCUT2D eigenvalue weighted by Gasteiger charge is 2.04. The summed E-state index contributed by atoms with van der Waals surface area (Å²) in [7, 11) is 1.31. The van der Waals surface area contributed by atoms with E-state index in [0.29, 0.717) is 12.2 Å². The van der Waals surface area contributed by atoms with Gasteiger partial charge in [-0.05, 0) is 24.3 Å². The summed E-state index contributed by atoms with van der Waals surface area (Å²) in [5, 5.41) is 2.63. The third-order valence-electron chi connectivity index (χ3n) is 2.29. The molecule has 0 aromatic heterocycles. The van der Waals surface area contributed by atoms with Crippen LogP contribution < -0.4 is 5.32 Å². The Morgan fingerprint density at radius 1 is 1.26 bits per heavy atom. The van der Waals surface area contributed by atoms with Crippen LogP contribution in [0.5, 0.6) is 0 Å². The lowest BCUT2D eigenvalue weighted by Gasteiger charge is -2.04. The zero-order valence-corrected chi connectivity index (χ0v) is 11.5. The molecule has 0 aliphatic rings. The maximum atomic E-state index is 12.7. The van der Waals surface area contributed by atoms with Gasteiger partial charge in [0.05, 0.1) is 13.5 Å². The number of nitrogens with one attached hydrogen (secondary N) is 1. The third kappa shape index (κ3) is 6.81. The smallest absolute Gasteiger partial charge is 0.307 e. The predicted octanol–water partition coefficient (Wildman–Crippen LogP) is 1.99. The van der Waals surface area contributed by atoms with Gasteiger partial charge in [-0.15, -0.1) is 11.8 Å². The Balaban J connectivity index is 2.13. The molecule has 0 atom stereocenters. The second kappa shape index (κ2) is 8.53. The largest absolute Gasteiger partial charge is 0.469 e. The van der Waals surface area contributed by atoms with E-state index in [1.165, 1.54) is 31.0 Å². The van der Waals surface area contributed by atoms with Crippen LogP contribution in [0.25, 0.3) is 0 Å². The molecule has 1 N–H and O–H groups in total. The molecule has 0 spiro atoms. The van der Waals surface area contributed by atoms with E-state index in [-0.39, 0.29) is 30.7 Å². The van der Waals surface area contributed by atoms with Crippen molar-refractivity contribution in [1.82, 2.24) is 5.32 Å². The lowest BCUT2D eigenvalue weighted by Crippen LogP contribution is -2.26. The van der Waals surface area contributed by atoms with Crippen LogP contribution in [-0.2, 0) is 14.3 Å². The van der Waals surface area contributed by atoms with Crippen LogP contribution in [-0.4, -0.2) is 31.3 Å². The Hall–Kier alpha value is -1.56. The average Bonchev–Trinajstić information content (AvgIpc) is 2.41. The topological polar surface area (TPSA) is 55.4 Å². The number of amides is 1. The van der Waals surface area contributed by atoms with E-state index in [9.17, 15) is 14.0 Å². The first-order valence-corrected chi connectivity index (χ1v) is 6.82. The molecule has 0 saturated heterocycles. The molecule has 1 rings (SSSR count). The number of rotatable bonds is 7. The summed E-state index contributed by atoms with van der Waals surface area (Å²) in [6.45, 7) is 0.284. The minimum atomic E-state index is -0.346. The summed E-state index contributed by atoms with van der Waals surface area (Å²) in [5.74, 6) is -0.125. The lowest BCUT2D eigenvalue weighted by atomic mass is 10.3. The first-order chi connectivity index (χ1) is 9.11. The zero-order valence-electron chi connectivity index (χ0n) is 10.6. The van der Waals surface area contributed by atoms with Crippen molar-refractivity contribution in [3.63, 3.8) is 0 Å². The highest BCUT2D eigenvalue weighted by atomic mass is 32.2. The van der Waals surface area contributed by atoms with Crippen LogP contribution in [0.3, 0.4) is 0 Å². The number of methoxy groups -OCH3 is 1. The first-order valence-electron chi connectivity index (χ1n) is 5.83. The molecule has 1 amide bonds. The van der Waals surface area contributed by atoms with E-state index >= 15 is 0 Å². The van der Waals surface area contributed by atoms with Crippen LogP contribution in [0.4, 0.5) is 4.39 Å². The van der Waals surface area contributed by atoms with Crippen LogP contribution >= 0.6 is 11.8 Å². The Morgan fingerprint density at radius 2 is 1.95 bits per heavy atom. The number of benzene rings is 1. The van der Waals surface area contributed by atoms with Crippen LogP contribution in [0.15, 0.2) is 29.2 Å². The number of carbonyl (C=O) groups excluding carboxylic acids is 2. The fraction of sp³-hybridized carbons (Fsp3) is 0.385. The molecule has 0 aliphatic carbocycles. The zero-order chi connectivity index (χ0) is 14.1. The van der Waals surface area contributed by atoms with Gasteiger partial charge in [-0.2, -0.15) is 0 Å².